The van der Waals surface area contributed by atoms with Crippen LogP contribution in [0.3, 0.4) is 0 Å². The number of rotatable bonds is 6. The van der Waals surface area contributed by atoms with Crippen molar-refractivity contribution >= 4 is 90.9 Å². The number of hydrogen-bond acceptors (Lipinski definition) is 3. The van der Waals surface area contributed by atoms with E-state index >= 15 is 0 Å². The maximum absolute atomic E-state index is 2.58. The molecular formula is C52H39NS2. The van der Waals surface area contributed by atoms with Gasteiger partial charge in [-0.05, 0) is 82.6 Å². The molecule has 0 spiro atoms. The van der Waals surface area contributed by atoms with Crippen molar-refractivity contribution in [3.63, 3.8) is 0 Å². The molecule has 0 unspecified atom stereocenters. The summed E-state index contributed by atoms with van der Waals surface area (Å²) < 4.78 is 5.25. The average Bonchev–Trinajstić information content (AvgIpc) is 3.83. The van der Waals surface area contributed by atoms with E-state index < -0.39 is 0 Å². The predicted octanol–water partition coefficient (Wildman–Crippen LogP) is 16.4. The van der Waals surface area contributed by atoms with Gasteiger partial charge in [0.05, 0.1) is 21.8 Å². The first-order valence-electron chi connectivity index (χ1n) is 19.6. The lowest BCUT2D eigenvalue weighted by atomic mass is 9.80. The number of hydrogen-bond donors (Lipinski definition) is 0. The fourth-order valence-corrected chi connectivity index (χ4v) is 11.8. The minimum absolute atomic E-state index is 0.593. The van der Waals surface area contributed by atoms with Crippen LogP contribution in [0.5, 0.6) is 0 Å². The van der Waals surface area contributed by atoms with E-state index in [9.17, 15) is 0 Å². The number of para-hydroxylation sites is 2. The highest BCUT2D eigenvalue weighted by Gasteiger charge is 2.26. The molecule has 55 heavy (non-hydrogen) atoms. The van der Waals surface area contributed by atoms with Crippen molar-refractivity contribution in [1.29, 1.82) is 0 Å². The Labute approximate surface area is 329 Å². The Hall–Kier alpha value is -5.74. The molecule has 1 aliphatic rings. The van der Waals surface area contributed by atoms with Crippen LogP contribution in [0, 0.1) is 0 Å². The van der Waals surface area contributed by atoms with Crippen LogP contribution < -0.4 is 4.90 Å². The number of fused-ring (bicyclic) bond motifs is 7. The van der Waals surface area contributed by atoms with Gasteiger partial charge in [-0.25, -0.2) is 0 Å². The smallest absolute Gasteiger partial charge is 0.0640 e. The molecule has 8 aromatic carbocycles. The van der Waals surface area contributed by atoms with Gasteiger partial charge in [-0.15, -0.1) is 22.7 Å². The van der Waals surface area contributed by atoms with Crippen molar-refractivity contribution in [2.45, 2.75) is 38.0 Å². The van der Waals surface area contributed by atoms with Crippen molar-refractivity contribution in [2.75, 3.05) is 4.90 Å². The molecule has 1 fully saturated rings. The minimum Gasteiger partial charge on any atom is -0.308 e. The normalized spacial score (nSPS) is 13.7. The lowest BCUT2D eigenvalue weighted by Gasteiger charge is -2.31. The second kappa shape index (κ2) is 13.5. The molecule has 0 radical (unpaired) electrons. The summed E-state index contributed by atoms with van der Waals surface area (Å²) in [5.41, 5.74) is 10.1. The second-order valence-corrected chi connectivity index (χ2v) is 17.1. The van der Waals surface area contributed by atoms with E-state index in [-0.39, 0.29) is 0 Å². The van der Waals surface area contributed by atoms with E-state index in [0.717, 1.165) is 0 Å². The van der Waals surface area contributed by atoms with Crippen molar-refractivity contribution in [2.24, 2.45) is 0 Å². The summed E-state index contributed by atoms with van der Waals surface area (Å²) in [6.07, 6.45) is 6.52. The molecule has 0 bridgehead atoms. The van der Waals surface area contributed by atoms with Gasteiger partial charge >= 0.3 is 0 Å². The number of nitrogens with zero attached hydrogens (tertiary/aromatic N) is 1. The highest BCUT2D eigenvalue weighted by molar-refractivity contribution is 7.26. The Bertz CT molecular complexity index is 3040. The van der Waals surface area contributed by atoms with E-state index in [1.807, 2.05) is 22.7 Å². The molecule has 1 saturated carbocycles. The van der Waals surface area contributed by atoms with E-state index in [2.05, 4.69) is 175 Å². The lowest BCUT2D eigenvalue weighted by Crippen LogP contribution is -2.13. The van der Waals surface area contributed by atoms with Gasteiger partial charge in [-0.3, -0.25) is 0 Å². The Morgan fingerprint density at radius 2 is 0.909 bits per heavy atom. The molecule has 0 atom stereocenters. The van der Waals surface area contributed by atoms with E-state index in [4.69, 9.17) is 0 Å². The molecule has 0 N–H and O–H groups in total. The number of anilines is 3. The van der Waals surface area contributed by atoms with Crippen LogP contribution in [-0.2, 0) is 0 Å². The molecule has 0 saturated heterocycles. The van der Waals surface area contributed by atoms with Crippen LogP contribution in [0.4, 0.5) is 17.1 Å². The van der Waals surface area contributed by atoms with Crippen molar-refractivity contribution in [1.82, 2.24) is 0 Å². The lowest BCUT2D eigenvalue weighted by molar-refractivity contribution is 0.445. The zero-order valence-electron chi connectivity index (χ0n) is 30.5. The minimum atomic E-state index is 0.593. The summed E-state index contributed by atoms with van der Waals surface area (Å²) in [5.74, 6) is 0.593. The summed E-state index contributed by atoms with van der Waals surface area (Å²) in [6.45, 7) is 0. The van der Waals surface area contributed by atoms with E-state index in [1.165, 1.54) is 128 Å². The van der Waals surface area contributed by atoms with Gasteiger partial charge in [0, 0.05) is 46.8 Å². The molecule has 1 aliphatic carbocycles. The average molecular weight is 742 g/mol. The quantitative estimate of drug-likeness (QED) is 0.164. The van der Waals surface area contributed by atoms with Crippen LogP contribution in [0.15, 0.2) is 170 Å². The van der Waals surface area contributed by atoms with Gasteiger partial charge in [0.25, 0.3) is 0 Å². The van der Waals surface area contributed by atoms with Gasteiger partial charge in [0.1, 0.15) is 0 Å². The van der Waals surface area contributed by atoms with Crippen molar-refractivity contribution in [3.8, 4) is 22.3 Å². The third-order valence-electron chi connectivity index (χ3n) is 11.9. The third-order valence-corrected chi connectivity index (χ3v) is 14.2. The Balaban J connectivity index is 1.22. The summed E-state index contributed by atoms with van der Waals surface area (Å²) in [5, 5.41) is 7.99. The van der Waals surface area contributed by atoms with Gasteiger partial charge in [0.15, 0.2) is 0 Å². The monoisotopic (exact) mass is 741 g/mol. The van der Waals surface area contributed by atoms with Crippen LogP contribution in [0.1, 0.15) is 43.6 Å². The summed E-state index contributed by atoms with van der Waals surface area (Å²) in [7, 11) is 0. The molecule has 2 heterocycles. The second-order valence-electron chi connectivity index (χ2n) is 15.0. The zero-order valence-corrected chi connectivity index (χ0v) is 32.2. The van der Waals surface area contributed by atoms with Gasteiger partial charge < -0.3 is 4.90 Å². The predicted molar refractivity (Wildman–Crippen MR) is 241 cm³/mol. The fraction of sp³-hybridized carbons (Fsp3) is 0.115. The fourth-order valence-electron chi connectivity index (χ4n) is 9.44. The van der Waals surface area contributed by atoms with E-state index in [0.29, 0.717) is 5.92 Å². The van der Waals surface area contributed by atoms with E-state index in [1.54, 1.807) is 0 Å². The van der Waals surface area contributed by atoms with Crippen molar-refractivity contribution in [3.05, 3.63) is 175 Å². The van der Waals surface area contributed by atoms with Crippen molar-refractivity contribution < 1.29 is 0 Å². The molecule has 10 aromatic rings. The molecule has 11 rings (SSSR count). The summed E-state index contributed by atoms with van der Waals surface area (Å²) in [6, 6.07) is 63.6. The van der Waals surface area contributed by atoms with Gasteiger partial charge in [0.2, 0.25) is 0 Å². The maximum atomic E-state index is 2.58. The number of thiophene rings is 2. The third kappa shape index (κ3) is 5.40. The topological polar surface area (TPSA) is 3.24 Å². The SMILES string of the molecule is c1ccc(N(c2ccccc2-c2cccc3sc4ccccc4c23)c2cccc3c2sc2ccccc23)c(-c2cccc3cccc(C4CCCCC4)c23)c1. The molecule has 1 nitrogen and oxygen atoms in total. The van der Waals surface area contributed by atoms with Crippen LogP contribution in [0.2, 0.25) is 0 Å². The zero-order chi connectivity index (χ0) is 36.3. The van der Waals surface area contributed by atoms with Crippen LogP contribution in [-0.4, -0.2) is 0 Å². The Morgan fingerprint density at radius 1 is 0.382 bits per heavy atom. The van der Waals surface area contributed by atoms with Crippen LogP contribution in [0.25, 0.3) is 73.4 Å². The molecule has 2 aromatic heterocycles. The molecule has 0 amide bonds. The van der Waals surface area contributed by atoms with Crippen LogP contribution >= 0.6 is 22.7 Å². The Kier molecular flexibility index (Phi) is 8.04. The van der Waals surface area contributed by atoms with Gasteiger partial charge in [-0.1, -0.05) is 153 Å². The summed E-state index contributed by atoms with van der Waals surface area (Å²) >= 11 is 3.78. The standard InChI is InChI=1S/C52H39NS2/c1-2-16-34(17-3-1)36-24-12-18-35-19-13-25-40(50(35)36)37-20-4-8-28-44(37)53(46-30-14-27-42-39-22-6-10-31-47(39)55-52(42)46)45-29-9-5-21-38(45)41-26-15-33-49-51(41)43-23-7-11-32-48(43)54-49/h4-15,18-34H,1-3,16-17H2. The summed E-state index contributed by atoms with van der Waals surface area (Å²) in [4.78, 5) is 2.58. The largest absolute Gasteiger partial charge is 0.308 e. The highest BCUT2D eigenvalue weighted by Crippen LogP contribution is 2.52. The molecule has 264 valence electrons. The molecule has 0 aliphatic heterocycles. The highest BCUT2D eigenvalue weighted by atomic mass is 32.1. The first-order chi connectivity index (χ1) is 27.3. The first-order valence-corrected chi connectivity index (χ1v) is 21.3. The molecule has 3 heteroatoms. The molecular weight excluding hydrogens is 703 g/mol. The maximum Gasteiger partial charge on any atom is 0.0640 e. The number of benzene rings is 8. The van der Waals surface area contributed by atoms with Gasteiger partial charge in [-0.2, -0.15) is 0 Å². The Morgan fingerprint density at radius 3 is 1.67 bits per heavy atom. The first kappa shape index (κ1) is 32.7.